The smallest absolute Gasteiger partial charge is 0.271 e. The van der Waals surface area contributed by atoms with Crippen molar-refractivity contribution in [3.05, 3.63) is 117 Å². The van der Waals surface area contributed by atoms with E-state index in [2.05, 4.69) is 10.5 Å². The second-order valence-electron chi connectivity index (χ2n) is 8.45. The number of sulfonamides is 1. The minimum absolute atomic E-state index is 0.0535. The van der Waals surface area contributed by atoms with Crippen molar-refractivity contribution in [2.24, 2.45) is 5.10 Å². The molecule has 3 aromatic carbocycles. The highest BCUT2D eigenvalue weighted by Crippen LogP contribution is 2.25. The highest BCUT2D eigenvalue weighted by molar-refractivity contribution is 7.92. The van der Waals surface area contributed by atoms with E-state index in [9.17, 15) is 23.3 Å². The van der Waals surface area contributed by atoms with E-state index in [1.807, 2.05) is 31.2 Å². The number of carbonyl (C=O) groups is 1. The van der Waals surface area contributed by atoms with Gasteiger partial charge in [0.25, 0.3) is 11.6 Å². The van der Waals surface area contributed by atoms with Gasteiger partial charge in [-0.1, -0.05) is 36.4 Å². The van der Waals surface area contributed by atoms with Crippen molar-refractivity contribution in [2.75, 3.05) is 10.6 Å². The van der Waals surface area contributed by atoms with Crippen molar-refractivity contribution < 1.29 is 22.6 Å². The molecular weight excluding hydrogens is 508 g/mol. The zero-order valence-corrected chi connectivity index (χ0v) is 21.4. The number of nitrogens with zero attached hydrogens (tertiary/aromatic N) is 3. The van der Waals surface area contributed by atoms with E-state index < -0.39 is 20.9 Å². The fourth-order valence-corrected chi connectivity index (χ4v) is 4.57. The fourth-order valence-electron chi connectivity index (χ4n) is 3.69. The monoisotopic (exact) mass is 532 g/mol. The maximum absolute atomic E-state index is 12.5. The van der Waals surface area contributed by atoms with Gasteiger partial charge in [-0.2, -0.15) is 5.10 Å². The van der Waals surface area contributed by atoms with Crippen molar-refractivity contribution in [3.8, 4) is 11.3 Å². The summed E-state index contributed by atoms with van der Waals surface area (Å²) in [4.78, 5) is 23.0. The second-order valence-corrected chi connectivity index (χ2v) is 10.4. The molecular formula is C27H24N4O6S. The Bertz CT molecular complexity index is 1610. The first kappa shape index (κ1) is 26.3. The number of carbonyl (C=O) groups excluding carboxylic acids is 1. The van der Waals surface area contributed by atoms with Gasteiger partial charge < -0.3 is 4.42 Å². The van der Waals surface area contributed by atoms with Crippen LogP contribution in [0.2, 0.25) is 0 Å². The molecule has 0 aliphatic carbocycles. The summed E-state index contributed by atoms with van der Waals surface area (Å²) in [5, 5.41) is 14.9. The van der Waals surface area contributed by atoms with Crippen molar-refractivity contribution in [1.29, 1.82) is 0 Å². The van der Waals surface area contributed by atoms with E-state index in [0.29, 0.717) is 22.8 Å². The second kappa shape index (κ2) is 11.1. The number of anilines is 1. The van der Waals surface area contributed by atoms with Crippen LogP contribution in [-0.2, 0) is 16.6 Å². The maximum Gasteiger partial charge on any atom is 0.271 e. The fraction of sp³-hybridized carbons (Fsp3) is 0.111. The van der Waals surface area contributed by atoms with Gasteiger partial charge in [0.05, 0.1) is 29.6 Å². The average Bonchev–Trinajstić information content (AvgIpc) is 3.36. The summed E-state index contributed by atoms with van der Waals surface area (Å²) < 4.78 is 31.9. The summed E-state index contributed by atoms with van der Waals surface area (Å²) in [5.41, 5.74) is 5.44. The van der Waals surface area contributed by atoms with Gasteiger partial charge in [-0.15, -0.1) is 0 Å². The van der Waals surface area contributed by atoms with Gasteiger partial charge in [-0.3, -0.25) is 19.2 Å². The predicted octanol–water partition coefficient (Wildman–Crippen LogP) is 4.89. The Morgan fingerprint density at radius 3 is 2.47 bits per heavy atom. The van der Waals surface area contributed by atoms with Crippen LogP contribution in [0.5, 0.6) is 0 Å². The highest BCUT2D eigenvalue weighted by Gasteiger charge is 2.19. The molecule has 1 N–H and O–H groups in total. The Hall–Kier alpha value is -4.77. The number of hydrogen-bond acceptors (Lipinski definition) is 7. The lowest BCUT2D eigenvalue weighted by atomic mass is 10.1. The molecule has 0 atom stereocenters. The van der Waals surface area contributed by atoms with E-state index in [0.717, 1.165) is 17.4 Å². The van der Waals surface area contributed by atoms with Gasteiger partial charge in [0, 0.05) is 23.3 Å². The zero-order chi connectivity index (χ0) is 27.3. The Morgan fingerprint density at radius 2 is 1.79 bits per heavy atom. The van der Waals surface area contributed by atoms with Gasteiger partial charge in [0.2, 0.25) is 10.0 Å². The quantitative estimate of drug-likeness (QED) is 0.185. The highest BCUT2D eigenvalue weighted by atomic mass is 32.2. The molecule has 0 fully saturated rings. The van der Waals surface area contributed by atoms with Crippen LogP contribution < -0.4 is 9.73 Å². The number of benzene rings is 3. The number of rotatable bonds is 9. The number of aryl methyl sites for hydroxylation is 1. The molecule has 10 nitrogen and oxygen atoms in total. The van der Waals surface area contributed by atoms with Crippen LogP contribution in [0.3, 0.4) is 0 Å². The number of hydrogen-bond donors (Lipinski definition) is 1. The minimum atomic E-state index is -3.57. The number of nitro benzene ring substituents is 1. The molecule has 1 aromatic heterocycles. The molecule has 1 heterocycles. The number of hydrazone groups is 1. The largest absolute Gasteiger partial charge is 0.455 e. The van der Waals surface area contributed by atoms with Crippen molar-refractivity contribution in [2.45, 2.75) is 13.5 Å². The van der Waals surface area contributed by atoms with Crippen LogP contribution in [0.15, 0.2) is 94.4 Å². The molecule has 0 aliphatic rings. The van der Waals surface area contributed by atoms with E-state index >= 15 is 0 Å². The third-order valence-corrected chi connectivity index (χ3v) is 6.86. The van der Waals surface area contributed by atoms with E-state index in [-0.39, 0.29) is 17.8 Å². The summed E-state index contributed by atoms with van der Waals surface area (Å²) >= 11 is 0. The lowest BCUT2D eigenvalue weighted by Gasteiger charge is -2.23. The predicted molar refractivity (Wildman–Crippen MR) is 145 cm³/mol. The first-order valence-corrected chi connectivity index (χ1v) is 13.3. The Morgan fingerprint density at radius 1 is 1.05 bits per heavy atom. The normalized spacial score (nSPS) is 11.4. The van der Waals surface area contributed by atoms with E-state index in [1.165, 1.54) is 34.8 Å². The molecule has 1 amide bonds. The Kier molecular flexibility index (Phi) is 7.68. The molecule has 0 saturated heterocycles. The van der Waals surface area contributed by atoms with Crippen LogP contribution in [0, 0.1) is 17.0 Å². The first-order chi connectivity index (χ1) is 18.1. The van der Waals surface area contributed by atoms with Crippen LogP contribution in [0.1, 0.15) is 27.2 Å². The minimum Gasteiger partial charge on any atom is -0.455 e. The maximum atomic E-state index is 12.5. The van der Waals surface area contributed by atoms with Crippen molar-refractivity contribution in [1.82, 2.24) is 5.43 Å². The Balaban J connectivity index is 1.42. The molecule has 4 aromatic rings. The van der Waals surface area contributed by atoms with Gasteiger partial charge >= 0.3 is 0 Å². The molecule has 194 valence electrons. The van der Waals surface area contributed by atoms with E-state index in [1.54, 1.807) is 36.4 Å². The van der Waals surface area contributed by atoms with Crippen LogP contribution in [-0.4, -0.2) is 31.7 Å². The van der Waals surface area contributed by atoms with Crippen LogP contribution in [0.4, 0.5) is 11.4 Å². The lowest BCUT2D eigenvalue weighted by molar-refractivity contribution is -0.384. The van der Waals surface area contributed by atoms with Crippen LogP contribution >= 0.6 is 0 Å². The molecule has 11 heteroatoms. The van der Waals surface area contributed by atoms with E-state index in [4.69, 9.17) is 4.42 Å². The molecule has 0 bridgehead atoms. The molecule has 0 unspecified atom stereocenters. The molecule has 4 rings (SSSR count). The summed E-state index contributed by atoms with van der Waals surface area (Å²) in [5.74, 6) is 0.253. The number of nitro groups is 1. The summed E-state index contributed by atoms with van der Waals surface area (Å²) in [6.07, 6.45) is 2.44. The van der Waals surface area contributed by atoms with Gasteiger partial charge in [0.1, 0.15) is 11.5 Å². The summed E-state index contributed by atoms with van der Waals surface area (Å²) in [6.45, 7) is 2.09. The summed E-state index contributed by atoms with van der Waals surface area (Å²) in [7, 11) is -3.57. The SMILES string of the molecule is Cc1ccccc1CN(c1ccc(C(=O)N/N=C\c2ccc(-c3cccc([N+](=O)[O-])c3)o2)cc1)S(C)(=O)=O. The zero-order valence-electron chi connectivity index (χ0n) is 20.6. The summed E-state index contributed by atoms with van der Waals surface area (Å²) in [6, 6.07) is 23.0. The van der Waals surface area contributed by atoms with Crippen molar-refractivity contribution in [3.63, 3.8) is 0 Å². The first-order valence-electron chi connectivity index (χ1n) is 11.4. The molecule has 0 saturated carbocycles. The Labute approximate surface area is 219 Å². The number of nitrogens with one attached hydrogen (secondary N) is 1. The number of non-ortho nitro benzene ring substituents is 1. The third kappa shape index (κ3) is 6.31. The molecule has 38 heavy (non-hydrogen) atoms. The molecule has 0 spiro atoms. The number of amides is 1. The molecule has 0 aliphatic heterocycles. The lowest BCUT2D eigenvalue weighted by Crippen LogP contribution is -2.29. The topological polar surface area (TPSA) is 135 Å². The van der Waals surface area contributed by atoms with Gasteiger partial charge in [0.15, 0.2) is 0 Å². The standard InChI is InChI=1S/C27H24N4O6S/c1-19-6-3-4-7-22(19)18-30(38(2,35)36)23-12-10-20(11-13-23)27(32)29-28-17-25-14-15-26(37-25)21-8-5-9-24(16-21)31(33)34/h3-17H,18H2,1-2H3,(H,29,32)/b28-17-. The third-order valence-electron chi connectivity index (χ3n) is 5.72. The van der Waals surface area contributed by atoms with Gasteiger partial charge in [-0.25, -0.2) is 13.8 Å². The van der Waals surface area contributed by atoms with Gasteiger partial charge in [-0.05, 0) is 54.4 Å². The van der Waals surface area contributed by atoms with Crippen molar-refractivity contribution >= 4 is 33.5 Å². The molecule has 0 radical (unpaired) electrons. The van der Waals surface area contributed by atoms with Crippen LogP contribution in [0.25, 0.3) is 11.3 Å². The average molecular weight is 533 g/mol. The number of furan rings is 1.